The summed E-state index contributed by atoms with van der Waals surface area (Å²) < 4.78 is 0. The molecule has 0 spiro atoms. The van der Waals surface area contributed by atoms with Gasteiger partial charge in [0.25, 0.3) is 0 Å². The first-order chi connectivity index (χ1) is 8.16. The second kappa shape index (κ2) is 5.25. The highest BCUT2D eigenvalue weighted by molar-refractivity contribution is 5.86. The molecule has 1 N–H and O–H groups in total. The van der Waals surface area contributed by atoms with Gasteiger partial charge >= 0.3 is 5.97 Å². The molecule has 17 heavy (non-hydrogen) atoms. The molecule has 2 heterocycles. The van der Waals surface area contributed by atoms with Gasteiger partial charge in [-0.1, -0.05) is 6.07 Å². The standard InChI is InChI=1S/C12H17N3O2/c1-14-5-7-15(8-6-14)9-10-3-2-4-13-11(10)12(16)17/h2-4H,5-9H2,1H3,(H,16,17). The van der Waals surface area contributed by atoms with E-state index in [4.69, 9.17) is 5.11 Å². The molecule has 0 aromatic carbocycles. The van der Waals surface area contributed by atoms with Crippen LogP contribution < -0.4 is 0 Å². The van der Waals surface area contributed by atoms with Crippen LogP contribution in [-0.4, -0.2) is 59.1 Å². The molecule has 5 heteroatoms. The summed E-state index contributed by atoms with van der Waals surface area (Å²) in [6.07, 6.45) is 1.52. The lowest BCUT2D eigenvalue weighted by Crippen LogP contribution is -2.44. The van der Waals surface area contributed by atoms with Crippen molar-refractivity contribution in [2.24, 2.45) is 0 Å². The van der Waals surface area contributed by atoms with Gasteiger partial charge in [0, 0.05) is 38.9 Å². The molecule has 1 aromatic rings. The summed E-state index contributed by atoms with van der Waals surface area (Å²) in [6, 6.07) is 3.63. The Balaban J connectivity index is 2.05. The minimum absolute atomic E-state index is 0.173. The number of hydrogen-bond acceptors (Lipinski definition) is 4. The normalized spacial score (nSPS) is 18.2. The molecule has 0 saturated carbocycles. The number of carboxylic acids is 1. The minimum Gasteiger partial charge on any atom is -0.477 e. The van der Waals surface area contributed by atoms with Crippen molar-refractivity contribution in [2.45, 2.75) is 6.54 Å². The number of likely N-dealkylation sites (N-methyl/N-ethyl adjacent to an activating group) is 1. The van der Waals surface area contributed by atoms with Crippen LogP contribution in [0.25, 0.3) is 0 Å². The molecule has 5 nitrogen and oxygen atoms in total. The zero-order valence-corrected chi connectivity index (χ0v) is 9.96. The fourth-order valence-electron chi connectivity index (χ4n) is 2.01. The fraction of sp³-hybridized carbons (Fsp3) is 0.500. The molecule has 0 amide bonds. The Morgan fingerprint density at radius 1 is 1.41 bits per heavy atom. The lowest BCUT2D eigenvalue weighted by Gasteiger charge is -2.32. The van der Waals surface area contributed by atoms with Crippen LogP contribution in [0.3, 0.4) is 0 Å². The first-order valence-corrected chi connectivity index (χ1v) is 5.75. The largest absolute Gasteiger partial charge is 0.477 e. The van der Waals surface area contributed by atoms with Crippen LogP contribution in [0.4, 0.5) is 0 Å². The summed E-state index contributed by atoms with van der Waals surface area (Å²) in [5.41, 5.74) is 0.969. The van der Waals surface area contributed by atoms with Crippen molar-refractivity contribution in [1.29, 1.82) is 0 Å². The van der Waals surface area contributed by atoms with Gasteiger partial charge in [0.05, 0.1) is 0 Å². The topological polar surface area (TPSA) is 56.7 Å². The van der Waals surface area contributed by atoms with E-state index in [0.29, 0.717) is 6.54 Å². The SMILES string of the molecule is CN1CCN(Cc2cccnc2C(=O)O)CC1. The molecule has 2 rings (SSSR count). The maximum atomic E-state index is 11.0. The lowest BCUT2D eigenvalue weighted by atomic mass is 10.1. The predicted molar refractivity (Wildman–Crippen MR) is 64.0 cm³/mol. The molecular weight excluding hydrogens is 218 g/mol. The third-order valence-corrected chi connectivity index (χ3v) is 3.08. The van der Waals surface area contributed by atoms with E-state index in [9.17, 15) is 4.79 Å². The van der Waals surface area contributed by atoms with Gasteiger partial charge in [-0.05, 0) is 18.7 Å². The number of carbonyl (C=O) groups is 1. The van der Waals surface area contributed by atoms with Crippen LogP contribution in [0.5, 0.6) is 0 Å². The molecule has 0 unspecified atom stereocenters. The summed E-state index contributed by atoms with van der Waals surface area (Å²) in [7, 11) is 2.10. The van der Waals surface area contributed by atoms with Crippen molar-refractivity contribution in [1.82, 2.24) is 14.8 Å². The highest BCUT2D eigenvalue weighted by atomic mass is 16.4. The van der Waals surface area contributed by atoms with Crippen LogP contribution in [-0.2, 0) is 6.54 Å². The highest BCUT2D eigenvalue weighted by Crippen LogP contribution is 2.11. The predicted octanol–water partition coefficient (Wildman–Crippen LogP) is 0.527. The van der Waals surface area contributed by atoms with Gasteiger partial charge in [0.15, 0.2) is 5.69 Å². The third-order valence-electron chi connectivity index (χ3n) is 3.08. The van der Waals surface area contributed by atoms with Gasteiger partial charge in [0.1, 0.15) is 0 Å². The Bertz CT molecular complexity index is 400. The molecule has 1 aromatic heterocycles. The number of aromatic carboxylic acids is 1. The van der Waals surface area contributed by atoms with Gasteiger partial charge in [-0.2, -0.15) is 0 Å². The number of piperazine rings is 1. The van der Waals surface area contributed by atoms with Crippen molar-refractivity contribution in [3.63, 3.8) is 0 Å². The molecule has 1 saturated heterocycles. The zero-order chi connectivity index (χ0) is 12.3. The van der Waals surface area contributed by atoms with Gasteiger partial charge in [-0.3, -0.25) is 4.90 Å². The first kappa shape index (κ1) is 12.0. The molecule has 0 atom stereocenters. The highest BCUT2D eigenvalue weighted by Gasteiger charge is 2.17. The Morgan fingerprint density at radius 3 is 2.76 bits per heavy atom. The Kier molecular flexibility index (Phi) is 3.71. The molecule has 1 aliphatic rings. The zero-order valence-electron chi connectivity index (χ0n) is 9.96. The van der Waals surface area contributed by atoms with E-state index in [2.05, 4.69) is 21.8 Å². The van der Waals surface area contributed by atoms with E-state index in [1.54, 1.807) is 6.07 Å². The second-order valence-electron chi connectivity index (χ2n) is 4.40. The first-order valence-electron chi connectivity index (χ1n) is 5.75. The number of carboxylic acid groups (broad SMARTS) is 1. The molecule has 0 bridgehead atoms. The quantitative estimate of drug-likeness (QED) is 0.828. The summed E-state index contributed by atoms with van der Waals surface area (Å²) in [4.78, 5) is 19.5. The molecular formula is C12H17N3O2. The van der Waals surface area contributed by atoms with Crippen LogP contribution in [0.15, 0.2) is 18.3 Å². The maximum absolute atomic E-state index is 11.0. The van der Waals surface area contributed by atoms with Crippen molar-refractivity contribution < 1.29 is 9.90 Å². The average Bonchev–Trinajstić information content (AvgIpc) is 2.32. The van der Waals surface area contributed by atoms with E-state index in [0.717, 1.165) is 31.7 Å². The van der Waals surface area contributed by atoms with Gasteiger partial charge in [-0.15, -0.1) is 0 Å². The third kappa shape index (κ3) is 3.01. The average molecular weight is 235 g/mol. The summed E-state index contributed by atoms with van der Waals surface area (Å²) in [5, 5.41) is 9.05. The van der Waals surface area contributed by atoms with Crippen LogP contribution >= 0.6 is 0 Å². The molecule has 92 valence electrons. The molecule has 0 radical (unpaired) electrons. The number of hydrogen-bond donors (Lipinski definition) is 1. The van der Waals surface area contributed by atoms with E-state index in [1.165, 1.54) is 6.20 Å². The maximum Gasteiger partial charge on any atom is 0.354 e. The van der Waals surface area contributed by atoms with Gasteiger partial charge < -0.3 is 10.0 Å². The Labute approximate surface area is 101 Å². The van der Waals surface area contributed by atoms with Gasteiger partial charge in [-0.25, -0.2) is 9.78 Å². The van der Waals surface area contributed by atoms with Crippen LogP contribution in [0.2, 0.25) is 0 Å². The summed E-state index contributed by atoms with van der Waals surface area (Å²) >= 11 is 0. The summed E-state index contributed by atoms with van der Waals surface area (Å²) in [6.45, 7) is 4.68. The molecule has 1 fully saturated rings. The smallest absolute Gasteiger partial charge is 0.354 e. The van der Waals surface area contributed by atoms with E-state index < -0.39 is 5.97 Å². The van der Waals surface area contributed by atoms with Crippen molar-refractivity contribution in [3.8, 4) is 0 Å². The Hall–Kier alpha value is -1.46. The van der Waals surface area contributed by atoms with Crippen molar-refractivity contribution in [3.05, 3.63) is 29.6 Å². The number of pyridine rings is 1. The van der Waals surface area contributed by atoms with E-state index in [1.807, 2.05) is 6.07 Å². The lowest BCUT2D eigenvalue weighted by molar-refractivity contribution is 0.0686. The summed E-state index contributed by atoms with van der Waals surface area (Å²) in [5.74, 6) is -0.949. The minimum atomic E-state index is -0.949. The fourth-order valence-corrected chi connectivity index (χ4v) is 2.01. The number of nitrogens with zero attached hydrogens (tertiary/aromatic N) is 3. The molecule has 1 aliphatic heterocycles. The van der Waals surface area contributed by atoms with Crippen molar-refractivity contribution >= 4 is 5.97 Å². The van der Waals surface area contributed by atoms with E-state index in [-0.39, 0.29) is 5.69 Å². The monoisotopic (exact) mass is 235 g/mol. The number of aromatic nitrogens is 1. The second-order valence-corrected chi connectivity index (χ2v) is 4.40. The van der Waals surface area contributed by atoms with E-state index >= 15 is 0 Å². The molecule has 0 aliphatic carbocycles. The van der Waals surface area contributed by atoms with Crippen LogP contribution in [0, 0.1) is 0 Å². The van der Waals surface area contributed by atoms with Crippen molar-refractivity contribution in [2.75, 3.05) is 33.2 Å². The van der Waals surface area contributed by atoms with Crippen LogP contribution in [0.1, 0.15) is 16.1 Å². The van der Waals surface area contributed by atoms with Gasteiger partial charge in [0.2, 0.25) is 0 Å². The Morgan fingerprint density at radius 2 is 2.12 bits per heavy atom. The number of rotatable bonds is 3.